The summed E-state index contributed by atoms with van der Waals surface area (Å²) >= 11 is 2.89. The number of alkyl halides is 1. The Bertz CT molecular complexity index is 46.1. The summed E-state index contributed by atoms with van der Waals surface area (Å²) in [6.45, 7) is 0. The van der Waals surface area contributed by atoms with Gasteiger partial charge < -0.3 is 9.90 Å². The van der Waals surface area contributed by atoms with Crippen molar-refractivity contribution in [2.45, 2.75) is 6.10 Å². The van der Waals surface area contributed by atoms with Gasteiger partial charge in [-0.15, -0.1) is 0 Å². The van der Waals surface area contributed by atoms with Crippen molar-refractivity contribution in [1.29, 1.82) is 0 Å². The van der Waals surface area contributed by atoms with Gasteiger partial charge in [0.1, 0.15) is 12.4 Å². The summed E-state index contributed by atoms with van der Waals surface area (Å²) in [6.07, 6.45) is -0.348. The fourth-order valence-corrected chi connectivity index (χ4v) is 0.189. The Morgan fingerprint density at radius 1 is 2.00 bits per heavy atom. The zero-order valence-electron chi connectivity index (χ0n) is 3.10. The zero-order chi connectivity index (χ0) is 4.99. The lowest BCUT2D eigenvalue weighted by Crippen LogP contribution is -2.07. The Balaban J connectivity index is 2.96. The summed E-state index contributed by atoms with van der Waals surface area (Å²) in [5.74, 6) is 0. The van der Waals surface area contributed by atoms with Crippen LogP contribution in [0.1, 0.15) is 0 Å². The molecular formula is C3H5BrO2. The number of rotatable bonds is 2. The fraction of sp³-hybridized carbons (Fsp3) is 0.667. The van der Waals surface area contributed by atoms with E-state index in [1.165, 1.54) is 0 Å². The molecule has 0 spiro atoms. The van der Waals surface area contributed by atoms with Crippen molar-refractivity contribution < 1.29 is 9.90 Å². The van der Waals surface area contributed by atoms with E-state index >= 15 is 0 Å². The normalized spacial score (nSPS) is 13.7. The van der Waals surface area contributed by atoms with Crippen LogP contribution in [0.4, 0.5) is 0 Å². The number of aliphatic hydroxyl groups is 1. The van der Waals surface area contributed by atoms with Crippen LogP contribution in [0.15, 0.2) is 0 Å². The smallest absolute Gasteiger partial charge is 0.149 e. The lowest BCUT2D eigenvalue weighted by atomic mass is 10.5. The van der Waals surface area contributed by atoms with Crippen molar-refractivity contribution in [3.63, 3.8) is 0 Å². The zero-order valence-corrected chi connectivity index (χ0v) is 4.68. The van der Waals surface area contributed by atoms with E-state index in [1.807, 2.05) is 0 Å². The van der Waals surface area contributed by atoms with E-state index in [0.717, 1.165) is 0 Å². The minimum absolute atomic E-state index is 0.330. The van der Waals surface area contributed by atoms with Gasteiger partial charge in [0.15, 0.2) is 0 Å². The van der Waals surface area contributed by atoms with Crippen LogP contribution >= 0.6 is 15.9 Å². The molecule has 0 aromatic rings. The van der Waals surface area contributed by atoms with Crippen LogP contribution in [0.5, 0.6) is 0 Å². The molecule has 1 N–H and O–H groups in total. The molecule has 0 aliphatic rings. The van der Waals surface area contributed by atoms with E-state index in [0.29, 0.717) is 11.6 Å². The molecule has 0 aliphatic carbocycles. The van der Waals surface area contributed by atoms with Crippen molar-refractivity contribution in [2.75, 3.05) is 5.33 Å². The first-order chi connectivity index (χ1) is 2.81. The topological polar surface area (TPSA) is 37.3 Å². The summed E-state index contributed by atoms with van der Waals surface area (Å²) in [4.78, 5) is 9.46. The number of hydrogen-bond acceptors (Lipinski definition) is 2. The predicted molar refractivity (Wildman–Crippen MR) is 25.9 cm³/mol. The summed E-state index contributed by atoms with van der Waals surface area (Å²) in [6, 6.07) is 0. The van der Waals surface area contributed by atoms with Crippen LogP contribution < -0.4 is 0 Å². The first-order valence-corrected chi connectivity index (χ1v) is 2.62. The highest BCUT2D eigenvalue weighted by Crippen LogP contribution is 1.82. The van der Waals surface area contributed by atoms with E-state index in [-0.39, 0.29) is 0 Å². The highest BCUT2D eigenvalue weighted by molar-refractivity contribution is 9.09. The van der Waals surface area contributed by atoms with Crippen LogP contribution in [0, 0.1) is 0 Å². The molecule has 2 nitrogen and oxygen atoms in total. The minimum Gasteiger partial charge on any atom is -0.385 e. The van der Waals surface area contributed by atoms with Gasteiger partial charge in [-0.05, 0) is 0 Å². The van der Waals surface area contributed by atoms with Gasteiger partial charge in [-0.3, -0.25) is 0 Å². The van der Waals surface area contributed by atoms with Crippen LogP contribution in [-0.4, -0.2) is 22.8 Å². The lowest BCUT2D eigenvalue weighted by Gasteiger charge is -1.88. The third-order valence-electron chi connectivity index (χ3n) is 0.315. The number of carbonyl (C=O) groups is 1. The van der Waals surface area contributed by atoms with Crippen molar-refractivity contribution in [1.82, 2.24) is 0 Å². The van der Waals surface area contributed by atoms with Gasteiger partial charge in [-0.25, -0.2) is 0 Å². The lowest BCUT2D eigenvalue weighted by molar-refractivity contribution is -0.113. The summed E-state index contributed by atoms with van der Waals surface area (Å²) < 4.78 is 0. The van der Waals surface area contributed by atoms with Crippen molar-refractivity contribution in [2.24, 2.45) is 0 Å². The SMILES string of the molecule is O=CC(O)CBr. The van der Waals surface area contributed by atoms with E-state index < -0.39 is 6.10 Å². The number of halogens is 1. The molecule has 36 valence electrons. The van der Waals surface area contributed by atoms with Crippen molar-refractivity contribution >= 4 is 22.2 Å². The highest BCUT2D eigenvalue weighted by atomic mass is 79.9. The van der Waals surface area contributed by atoms with Crippen molar-refractivity contribution in [3.05, 3.63) is 0 Å². The van der Waals surface area contributed by atoms with Gasteiger partial charge in [-0.1, -0.05) is 15.9 Å². The van der Waals surface area contributed by atoms with E-state index in [2.05, 4.69) is 15.9 Å². The molecule has 0 saturated carbocycles. The van der Waals surface area contributed by atoms with Crippen LogP contribution in [0.2, 0.25) is 0 Å². The van der Waals surface area contributed by atoms with Crippen LogP contribution in [-0.2, 0) is 4.79 Å². The van der Waals surface area contributed by atoms with Crippen molar-refractivity contribution in [3.8, 4) is 0 Å². The molecule has 1 unspecified atom stereocenters. The molecule has 0 fully saturated rings. The molecule has 0 rings (SSSR count). The molecule has 0 amide bonds. The monoisotopic (exact) mass is 152 g/mol. The average molecular weight is 153 g/mol. The quantitative estimate of drug-likeness (QED) is 0.445. The summed E-state index contributed by atoms with van der Waals surface area (Å²) in [5.41, 5.74) is 0. The Labute approximate surface area is 44.3 Å². The molecule has 0 aliphatic heterocycles. The molecule has 1 atom stereocenters. The van der Waals surface area contributed by atoms with E-state index in [4.69, 9.17) is 5.11 Å². The molecule has 0 heterocycles. The minimum atomic E-state index is -0.829. The maximum absolute atomic E-state index is 9.46. The second-order valence-electron chi connectivity index (χ2n) is 0.858. The molecule has 6 heavy (non-hydrogen) atoms. The second-order valence-corrected chi connectivity index (χ2v) is 1.51. The number of aliphatic hydroxyl groups excluding tert-OH is 1. The molecule has 0 aromatic carbocycles. The van der Waals surface area contributed by atoms with E-state index in [9.17, 15) is 4.79 Å². The Kier molecular flexibility index (Phi) is 3.37. The molecule has 0 saturated heterocycles. The molecular weight excluding hydrogens is 148 g/mol. The van der Waals surface area contributed by atoms with Crippen LogP contribution in [0.3, 0.4) is 0 Å². The molecule has 0 bridgehead atoms. The van der Waals surface area contributed by atoms with Gasteiger partial charge in [0.05, 0.1) is 0 Å². The maximum atomic E-state index is 9.46. The summed E-state index contributed by atoms with van der Waals surface area (Å²) in [5, 5.41) is 8.58. The Morgan fingerprint density at radius 2 is 2.50 bits per heavy atom. The third kappa shape index (κ3) is 2.35. The van der Waals surface area contributed by atoms with Gasteiger partial charge in [0, 0.05) is 5.33 Å². The summed E-state index contributed by atoms with van der Waals surface area (Å²) in [7, 11) is 0. The fourth-order valence-electron chi connectivity index (χ4n) is 0.0364. The standard InChI is InChI=1S/C3H5BrO2/c4-1-3(6)2-5/h2-3,6H,1H2. The molecule has 3 heteroatoms. The third-order valence-corrected chi connectivity index (χ3v) is 0.979. The predicted octanol–water partition coefficient (Wildman–Crippen LogP) is -0.0589. The maximum Gasteiger partial charge on any atom is 0.149 e. The number of hydrogen-bond donors (Lipinski definition) is 1. The Hall–Kier alpha value is 0.110. The van der Waals surface area contributed by atoms with Gasteiger partial charge in [0.25, 0.3) is 0 Å². The van der Waals surface area contributed by atoms with Gasteiger partial charge in [-0.2, -0.15) is 0 Å². The molecule has 0 aromatic heterocycles. The second kappa shape index (κ2) is 3.31. The highest BCUT2D eigenvalue weighted by Gasteiger charge is 1.92. The number of carbonyl (C=O) groups excluding carboxylic acids is 1. The Morgan fingerprint density at radius 3 is 2.50 bits per heavy atom. The first-order valence-electron chi connectivity index (χ1n) is 1.50. The van der Waals surface area contributed by atoms with Gasteiger partial charge in [0.2, 0.25) is 0 Å². The van der Waals surface area contributed by atoms with Gasteiger partial charge >= 0.3 is 0 Å². The van der Waals surface area contributed by atoms with E-state index in [1.54, 1.807) is 0 Å². The number of aldehydes is 1. The van der Waals surface area contributed by atoms with Crippen LogP contribution in [0.25, 0.3) is 0 Å². The first kappa shape index (κ1) is 6.11. The molecule has 0 radical (unpaired) electrons. The average Bonchev–Trinajstić information content (AvgIpc) is 1.65. The largest absolute Gasteiger partial charge is 0.385 e.